The van der Waals surface area contributed by atoms with E-state index in [2.05, 4.69) is 23.7 Å². The molecule has 0 atom stereocenters. The molecule has 0 bridgehead atoms. The Morgan fingerprint density at radius 2 is 1.96 bits per heavy atom. The second-order valence-corrected chi connectivity index (χ2v) is 6.02. The first-order valence-electron chi connectivity index (χ1n) is 8.78. The zero-order valence-electron chi connectivity index (χ0n) is 14.9. The Hall–Kier alpha value is -2.34. The third-order valence-electron chi connectivity index (χ3n) is 4.33. The van der Waals surface area contributed by atoms with E-state index in [9.17, 15) is 9.59 Å². The van der Waals surface area contributed by atoms with Crippen LogP contribution < -0.4 is 4.74 Å². The number of carbonyl (C=O) groups is 2. The summed E-state index contributed by atoms with van der Waals surface area (Å²) in [5, 5.41) is 9.72. The van der Waals surface area contributed by atoms with Gasteiger partial charge in [0.05, 0.1) is 0 Å². The van der Waals surface area contributed by atoms with Gasteiger partial charge in [0.1, 0.15) is 5.75 Å². The predicted octanol–water partition coefficient (Wildman–Crippen LogP) is 3.21. The van der Waals surface area contributed by atoms with Crippen LogP contribution in [0.15, 0.2) is 24.4 Å². The van der Waals surface area contributed by atoms with Crippen LogP contribution in [0.1, 0.15) is 38.7 Å². The summed E-state index contributed by atoms with van der Waals surface area (Å²) in [6.45, 7) is 7.42. The molecule has 0 aliphatic heterocycles. The molecule has 1 aromatic heterocycles. The predicted molar refractivity (Wildman–Crippen MR) is 96.9 cm³/mol. The first-order valence-corrected chi connectivity index (χ1v) is 8.78. The number of nitrogens with zero attached hydrogens (tertiary/aromatic N) is 1. The third kappa shape index (κ3) is 5.60. The molecule has 0 saturated heterocycles. The molecule has 2 aromatic rings. The van der Waals surface area contributed by atoms with Crippen LogP contribution in [0, 0.1) is 0 Å². The molecule has 2 rings (SSSR count). The fourth-order valence-electron chi connectivity index (χ4n) is 2.82. The number of ether oxygens (including phenoxy) is 1. The Balaban J connectivity index is 1.96. The van der Waals surface area contributed by atoms with Gasteiger partial charge in [-0.05, 0) is 43.6 Å². The number of aliphatic carboxylic acids is 1. The zero-order valence-corrected chi connectivity index (χ0v) is 14.9. The molecule has 6 heteroatoms. The zero-order chi connectivity index (χ0) is 18.2. The second kappa shape index (κ2) is 9.22. The number of aromatic nitrogens is 1. The number of likely N-dealkylation sites (N-methyl/N-ethyl adjacent to an activating group) is 1. The largest absolute Gasteiger partial charge is 0.481 e. The number of hydrogen-bond acceptors (Lipinski definition) is 4. The molecule has 25 heavy (non-hydrogen) atoms. The number of benzene rings is 1. The fourth-order valence-corrected chi connectivity index (χ4v) is 2.82. The number of H-pyrrole nitrogens is 1. The van der Waals surface area contributed by atoms with Gasteiger partial charge in [0.15, 0.2) is 0 Å². The highest BCUT2D eigenvalue weighted by Gasteiger charge is 2.10. The third-order valence-corrected chi connectivity index (χ3v) is 4.33. The van der Waals surface area contributed by atoms with Crippen molar-refractivity contribution in [1.29, 1.82) is 0 Å². The van der Waals surface area contributed by atoms with Crippen molar-refractivity contribution in [2.75, 3.05) is 19.6 Å². The van der Waals surface area contributed by atoms with Crippen LogP contribution >= 0.6 is 0 Å². The number of hydrogen-bond donors (Lipinski definition) is 2. The maximum absolute atomic E-state index is 11.7. The average molecular weight is 346 g/mol. The summed E-state index contributed by atoms with van der Waals surface area (Å²) < 4.78 is 5.29. The van der Waals surface area contributed by atoms with Crippen molar-refractivity contribution in [2.45, 2.75) is 39.5 Å². The first-order chi connectivity index (χ1) is 12.0. The highest BCUT2D eigenvalue weighted by molar-refractivity contribution is 5.85. The number of rotatable bonds is 10. The molecule has 0 saturated carbocycles. The Labute approximate surface area is 147 Å². The van der Waals surface area contributed by atoms with Crippen molar-refractivity contribution in [3.8, 4) is 5.75 Å². The minimum Gasteiger partial charge on any atom is -0.481 e. The van der Waals surface area contributed by atoms with Crippen molar-refractivity contribution in [3.05, 3.63) is 30.0 Å². The molecule has 6 nitrogen and oxygen atoms in total. The number of fused-ring (bicyclic) bond motifs is 1. The lowest BCUT2D eigenvalue weighted by atomic mass is 10.1. The molecule has 2 N–H and O–H groups in total. The molecule has 0 spiro atoms. The molecule has 1 aromatic carbocycles. The lowest BCUT2D eigenvalue weighted by Crippen LogP contribution is -2.25. The Morgan fingerprint density at radius 1 is 1.20 bits per heavy atom. The Morgan fingerprint density at radius 3 is 2.64 bits per heavy atom. The summed E-state index contributed by atoms with van der Waals surface area (Å²) in [7, 11) is 0. The van der Waals surface area contributed by atoms with E-state index in [-0.39, 0.29) is 19.3 Å². The number of nitrogens with one attached hydrogen (secondary N) is 1. The molecule has 0 aliphatic carbocycles. The average Bonchev–Trinajstić information content (AvgIpc) is 2.98. The molecular weight excluding hydrogens is 320 g/mol. The van der Waals surface area contributed by atoms with Gasteiger partial charge in [0, 0.05) is 42.6 Å². The van der Waals surface area contributed by atoms with Gasteiger partial charge in [0.2, 0.25) is 0 Å². The van der Waals surface area contributed by atoms with E-state index < -0.39 is 11.9 Å². The maximum atomic E-state index is 11.7. The van der Waals surface area contributed by atoms with Crippen LogP contribution in [0.4, 0.5) is 0 Å². The van der Waals surface area contributed by atoms with Crippen LogP contribution in [-0.4, -0.2) is 46.6 Å². The SMILES string of the molecule is CCN(CC)CCc1c[nH]c2cc(OC(=O)CCCC(=O)O)ccc12. The minimum absolute atomic E-state index is 0.0271. The molecule has 0 radical (unpaired) electrons. The van der Waals surface area contributed by atoms with E-state index in [1.807, 2.05) is 18.3 Å². The van der Waals surface area contributed by atoms with Gasteiger partial charge in [-0.1, -0.05) is 13.8 Å². The molecule has 0 amide bonds. The van der Waals surface area contributed by atoms with Crippen molar-refractivity contribution in [1.82, 2.24) is 9.88 Å². The van der Waals surface area contributed by atoms with E-state index >= 15 is 0 Å². The van der Waals surface area contributed by atoms with Gasteiger partial charge in [0.25, 0.3) is 0 Å². The molecular formula is C19H26N2O4. The van der Waals surface area contributed by atoms with E-state index in [1.54, 1.807) is 6.07 Å². The fraction of sp³-hybridized carbons (Fsp3) is 0.474. The van der Waals surface area contributed by atoms with E-state index in [4.69, 9.17) is 9.84 Å². The summed E-state index contributed by atoms with van der Waals surface area (Å²) in [6.07, 6.45) is 3.34. The number of carboxylic acids is 1. The lowest BCUT2D eigenvalue weighted by Gasteiger charge is -2.17. The van der Waals surface area contributed by atoms with Gasteiger partial charge in [-0.15, -0.1) is 0 Å². The molecule has 0 fully saturated rings. The van der Waals surface area contributed by atoms with E-state index in [0.29, 0.717) is 5.75 Å². The van der Waals surface area contributed by atoms with Crippen LogP contribution in [0.2, 0.25) is 0 Å². The van der Waals surface area contributed by atoms with Crippen LogP contribution in [0.25, 0.3) is 10.9 Å². The highest BCUT2D eigenvalue weighted by Crippen LogP contribution is 2.24. The van der Waals surface area contributed by atoms with Crippen molar-refractivity contribution in [3.63, 3.8) is 0 Å². The number of carbonyl (C=O) groups excluding carboxylic acids is 1. The summed E-state index contributed by atoms with van der Waals surface area (Å²) >= 11 is 0. The smallest absolute Gasteiger partial charge is 0.311 e. The molecule has 1 heterocycles. The van der Waals surface area contributed by atoms with Gasteiger partial charge in [-0.3, -0.25) is 9.59 Å². The number of carboxylic acid groups (broad SMARTS) is 1. The van der Waals surface area contributed by atoms with Crippen LogP contribution in [0.5, 0.6) is 5.75 Å². The number of aromatic amines is 1. The summed E-state index contributed by atoms with van der Waals surface area (Å²) in [4.78, 5) is 27.8. The molecule has 136 valence electrons. The van der Waals surface area contributed by atoms with Gasteiger partial charge in [-0.25, -0.2) is 0 Å². The quantitative estimate of drug-likeness (QED) is 0.510. The summed E-state index contributed by atoms with van der Waals surface area (Å²) in [5.41, 5.74) is 2.19. The Kier molecular flexibility index (Phi) is 7.01. The molecule has 0 aliphatic rings. The van der Waals surface area contributed by atoms with E-state index in [0.717, 1.165) is 37.0 Å². The van der Waals surface area contributed by atoms with Crippen LogP contribution in [0.3, 0.4) is 0 Å². The number of esters is 1. The van der Waals surface area contributed by atoms with Crippen molar-refractivity contribution >= 4 is 22.8 Å². The minimum atomic E-state index is -0.905. The first kappa shape index (κ1) is 19.0. The van der Waals surface area contributed by atoms with Crippen molar-refractivity contribution in [2.24, 2.45) is 0 Å². The molecule has 0 unspecified atom stereocenters. The maximum Gasteiger partial charge on any atom is 0.311 e. The van der Waals surface area contributed by atoms with E-state index in [1.165, 1.54) is 5.56 Å². The Bertz CT molecular complexity index is 719. The second-order valence-electron chi connectivity index (χ2n) is 6.02. The van der Waals surface area contributed by atoms with Crippen LogP contribution in [-0.2, 0) is 16.0 Å². The lowest BCUT2D eigenvalue weighted by molar-refractivity contribution is -0.137. The summed E-state index contributed by atoms with van der Waals surface area (Å²) in [6, 6.07) is 5.56. The summed E-state index contributed by atoms with van der Waals surface area (Å²) in [5.74, 6) is -0.836. The van der Waals surface area contributed by atoms with Gasteiger partial charge < -0.3 is 19.7 Å². The standard InChI is InChI=1S/C19H26N2O4/c1-3-21(4-2)11-10-14-13-20-17-12-15(8-9-16(14)17)25-19(24)7-5-6-18(22)23/h8-9,12-13,20H,3-7,10-11H2,1-2H3,(H,22,23). The normalized spacial score (nSPS) is 11.2. The topological polar surface area (TPSA) is 82.6 Å². The van der Waals surface area contributed by atoms with Gasteiger partial charge >= 0.3 is 11.9 Å². The monoisotopic (exact) mass is 346 g/mol. The highest BCUT2D eigenvalue weighted by atomic mass is 16.5. The van der Waals surface area contributed by atoms with Crippen molar-refractivity contribution < 1.29 is 19.4 Å². The van der Waals surface area contributed by atoms with Gasteiger partial charge in [-0.2, -0.15) is 0 Å².